The van der Waals surface area contributed by atoms with Crippen LogP contribution in [0.2, 0.25) is 0 Å². The van der Waals surface area contributed by atoms with Gasteiger partial charge in [0.15, 0.2) is 0 Å². The Balaban J connectivity index is 1.70. The summed E-state index contributed by atoms with van der Waals surface area (Å²) in [6.07, 6.45) is 2.81. The van der Waals surface area contributed by atoms with Gasteiger partial charge in [-0.15, -0.1) is 0 Å². The molecule has 0 bridgehead atoms. The van der Waals surface area contributed by atoms with Gasteiger partial charge in [-0.1, -0.05) is 36.4 Å². The zero-order valence-electron chi connectivity index (χ0n) is 20.5. The number of anilines is 1. The lowest BCUT2D eigenvalue weighted by Crippen LogP contribution is -2.41. The summed E-state index contributed by atoms with van der Waals surface area (Å²) in [7, 11) is 0. The third-order valence-corrected chi connectivity index (χ3v) is 5.72. The molecule has 2 aromatic rings. The summed E-state index contributed by atoms with van der Waals surface area (Å²) < 4.78 is 11.4. The number of nitrogens with one attached hydrogen (secondary N) is 2. The zero-order valence-corrected chi connectivity index (χ0v) is 20.5. The molecule has 0 spiro atoms. The van der Waals surface area contributed by atoms with Gasteiger partial charge in [0, 0.05) is 24.2 Å². The van der Waals surface area contributed by atoms with Crippen LogP contribution in [-0.4, -0.2) is 41.1 Å². The number of esters is 1. The van der Waals surface area contributed by atoms with Gasteiger partial charge in [-0.25, -0.2) is 9.59 Å². The van der Waals surface area contributed by atoms with Crippen molar-refractivity contribution in [1.29, 1.82) is 0 Å². The van der Waals surface area contributed by atoms with E-state index < -0.39 is 41.5 Å². The Hall–Kier alpha value is -4.41. The van der Waals surface area contributed by atoms with Gasteiger partial charge >= 0.3 is 12.1 Å². The molecule has 1 aromatic heterocycles. The molecule has 11 heteroatoms. The number of rotatable bonds is 11. The molecule has 1 aliphatic rings. The number of benzene rings is 1. The maximum atomic E-state index is 13.1. The van der Waals surface area contributed by atoms with E-state index >= 15 is 0 Å². The average molecular weight is 511 g/mol. The summed E-state index contributed by atoms with van der Waals surface area (Å²) in [6.45, 7) is 1.90. The van der Waals surface area contributed by atoms with Gasteiger partial charge < -0.3 is 20.5 Å². The van der Waals surface area contributed by atoms with Crippen LogP contribution in [0.15, 0.2) is 59.4 Å². The number of pyridine rings is 1. The van der Waals surface area contributed by atoms with Gasteiger partial charge in [-0.3, -0.25) is 24.3 Å². The van der Waals surface area contributed by atoms with Crippen LogP contribution in [-0.2, 0) is 36.9 Å². The monoisotopic (exact) mass is 510 g/mol. The van der Waals surface area contributed by atoms with E-state index in [2.05, 4.69) is 10.6 Å². The van der Waals surface area contributed by atoms with E-state index in [0.29, 0.717) is 18.5 Å². The molecular weight excluding hydrogens is 480 g/mol. The van der Waals surface area contributed by atoms with Crippen molar-refractivity contribution in [1.82, 2.24) is 9.88 Å². The zero-order chi connectivity index (χ0) is 26.8. The normalized spacial score (nSPS) is 15.0. The first-order valence-corrected chi connectivity index (χ1v) is 11.9. The molecule has 1 aromatic carbocycles. The van der Waals surface area contributed by atoms with Crippen LogP contribution < -0.4 is 21.9 Å². The van der Waals surface area contributed by atoms with Crippen LogP contribution in [0.5, 0.6) is 0 Å². The minimum atomic E-state index is -0.836. The first-order chi connectivity index (χ1) is 17.8. The third-order valence-electron chi connectivity index (χ3n) is 5.72. The minimum Gasteiger partial charge on any atom is -0.463 e. The van der Waals surface area contributed by atoms with Crippen LogP contribution in [0.25, 0.3) is 0 Å². The first-order valence-electron chi connectivity index (χ1n) is 11.9. The van der Waals surface area contributed by atoms with Gasteiger partial charge in [-0.2, -0.15) is 0 Å². The number of nitrogens with zero attached hydrogens (tertiary/aromatic N) is 1. The van der Waals surface area contributed by atoms with Gasteiger partial charge in [0.25, 0.3) is 5.56 Å². The predicted molar refractivity (Wildman–Crippen MR) is 134 cm³/mol. The summed E-state index contributed by atoms with van der Waals surface area (Å²) in [5.41, 5.74) is 6.11. The van der Waals surface area contributed by atoms with Crippen molar-refractivity contribution in [2.24, 2.45) is 5.73 Å². The van der Waals surface area contributed by atoms with Crippen molar-refractivity contribution in [3.63, 3.8) is 0 Å². The predicted octanol–water partition coefficient (Wildman–Crippen LogP) is 1.95. The SMILES string of the molecule is CCOC(=O)C=C[C@H](CCC(N)=O)NC(=O)[C@@H]1CCc2ccc(NC(=O)OCc3ccccc3)c(=O)n21. The van der Waals surface area contributed by atoms with E-state index in [1.807, 2.05) is 18.2 Å². The van der Waals surface area contributed by atoms with Crippen LogP contribution >= 0.6 is 0 Å². The number of primary amides is 1. The molecule has 0 saturated carbocycles. The number of amides is 3. The van der Waals surface area contributed by atoms with E-state index in [1.165, 1.54) is 22.8 Å². The fourth-order valence-electron chi connectivity index (χ4n) is 3.94. The lowest BCUT2D eigenvalue weighted by Gasteiger charge is -2.20. The van der Waals surface area contributed by atoms with Crippen LogP contribution in [0.3, 0.4) is 0 Å². The lowest BCUT2D eigenvalue weighted by molar-refractivity contribution is -0.137. The number of aromatic nitrogens is 1. The minimum absolute atomic E-state index is 0.0154. The van der Waals surface area contributed by atoms with Gasteiger partial charge in [0.1, 0.15) is 18.3 Å². The van der Waals surface area contributed by atoms with E-state index in [9.17, 15) is 24.0 Å². The van der Waals surface area contributed by atoms with Crippen molar-refractivity contribution in [2.75, 3.05) is 11.9 Å². The van der Waals surface area contributed by atoms with Crippen LogP contribution in [0.1, 0.15) is 43.5 Å². The molecule has 2 atom stereocenters. The largest absolute Gasteiger partial charge is 0.463 e. The second kappa shape index (κ2) is 13.1. The van der Waals surface area contributed by atoms with E-state index in [1.54, 1.807) is 25.1 Å². The third kappa shape index (κ3) is 7.79. The highest BCUT2D eigenvalue weighted by Gasteiger charge is 2.31. The van der Waals surface area contributed by atoms with Crippen molar-refractivity contribution in [3.05, 3.63) is 76.2 Å². The molecule has 4 N–H and O–H groups in total. The molecule has 3 rings (SSSR count). The lowest BCUT2D eigenvalue weighted by atomic mass is 10.1. The number of nitrogens with two attached hydrogens (primary N) is 1. The molecule has 0 fully saturated rings. The van der Waals surface area contributed by atoms with Gasteiger partial charge in [0.05, 0.1) is 6.61 Å². The molecular formula is C26H30N4O7. The molecule has 0 saturated heterocycles. The Morgan fingerprint density at radius 3 is 2.59 bits per heavy atom. The van der Waals surface area contributed by atoms with Crippen molar-refractivity contribution in [2.45, 2.75) is 51.3 Å². The quantitative estimate of drug-likeness (QED) is 0.308. The number of ether oxygens (including phenoxy) is 2. The topological polar surface area (TPSA) is 159 Å². The Morgan fingerprint density at radius 2 is 1.89 bits per heavy atom. The van der Waals surface area contributed by atoms with Gasteiger partial charge in [-0.05, 0) is 43.9 Å². The highest BCUT2D eigenvalue weighted by Crippen LogP contribution is 2.25. The summed E-state index contributed by atoms with van der Waals surface area (Å²) in [5, 5.41) is 5.21. The number of aryl methyl sites for hydroxylation is 1. The van der Waals surface area contributed by atoms with Crippen molar-refractivity contribution < 1.29 is 28.7 Å². The fourth-order valence-corrected chi connectivity index (χ4v) is 3.94. The van der Waals surface area contributed by atoms with Crippen molar-refractivity contribution in [3.8, 4) is 0 Å². The maximum absolute atomic E-state index is 13.1. The Morgan fingerprint density at radius 1 is 1.14 bits per heavy atom. The Bertz CT molecular complexity index is 1220. The Labute approximate surface area is 213 Å². The van der Waals surface area contributed by atoms with E-state index in [0.717, 1.165) is 5.56 Å². The Kier molecular flexibility index (Phi) is 9.59. The molecule has 0 aliphatic carbocycles. The van der Waals surface area contributed by atoms with Gasteiger partial charge in [0.2, 0.25) is 11.8 Å². The van der Waals surface area contributed by atoms with Crippen molar-refractivity contribution >= 4 is 29.6 Å². The second-order valence-corrected chi connectivity index (χ2v) is 8.39. The molecule has 2 heterocycles. The number of hydrogen-bond donors (Lipinski definition) is 3. The van der Waals surface area contributed by atoms with E-state index in [-0.39, 0.29) is 31.7 Å². The van der Waals surface area contributed by atoms with Crippen LogP contribution in [0.4, 0.5) is 10.5 Å². The molecule has 11 nitrogen and oxygen atoms in total. The molecule has 37 heavy (non-hydrogen) atoms. The summed E-state index contributed by atoms with van der Waals surface area (Å²) in [6, 6.07) is 10.7. The second-order valence-electron chi connectivity index (χ2n) is 8.39. The molecule has 0 radical (unpaired) electrons. The average Bonchev–Trinajstić information content (AvgIpc) is 3.32. The molecule has 0 unspecified atom stereocenters. The highest BCUT2D eigenvalue weighted by atomic mass is 16.5. The molecule has 3 amide bonds. The summed E-state index contributed by atoms with van der Waals surface area (Å²) >= 11 is 0. The summed E-state index contributed by atoms with van der Waals surface area (Å²) in [4.78, 5) is 61.5. The first kappa shape index (κ1) is 27.2. The number of carbonyl (C=O) groups is 4. The standard InChI is InChI=1S/C26H30N4O7/c1-2-36-23(32)15-9-18(8-14-22(27)31)28-24(33)21-13-11-19-10-12-20(25(34)30(19)21)29-26(35)37-16-17-6-4-3-5-7-17/h3-7,9-10,12,15,18,21H,2,8,11,13-14,16H2,1H3,(H2,27,31)(H,28,33)(H,29,35)/t18-,21-/m0/s1. The number of carbonyl (C=O) groups excluding carboxylic acids is 4. The van der Waals surface area contributed by atoms with Crippen LogP contribution in [0, 0.1) is 0 Å². The smallest absolute Gasteiger partial charge is 0.412 e. The fraction of sp³-hybridized carbons (Fsp3) is 0.346. The number of hydrogen-bond acceptors (Lipinski definition) is 7. The highest BCUT2D eigenvalue weighted by molar-refractivity contribution is 5.85. The molecule has 1 aliphatic heterocycles. The maximum Gasteiger partial charge on any atom is 0.412 e. The summed E-state index contributed by atoms with van der Waals surface area (Å²) in [5.74, 6) is -1.60. The number of fused-ring (bicyclic) bond motifs is 1. The van der Waals surface area contributed by atoms with E-state index in [4.69, 9.17) is 15.2 Å². The molecule has 196 valence electrons.